The Kier molecular flexibility index (Phi) is 9.18. The molecule has 1 atom stereocenters. The maximum absolute atomic E-state index is 13.5. The molecule has 1 amide bonds. The Bertz CT molecular complexity index is 1040. The molecule has 2 aromatic rings. The summed E-state index contributed by atoms with van der Waals surface area (Å²) in [4.78, 5) is 12.9. The van der Waals surface area contributed by atoms with Crippen molar-refractivity contribution in [2.75, 3.05) is 37.2 Å². The second kappa shape index (κ2) is 12.1. The molecule has 1 aliphatic heterocycles. The van der Waals surface area contributed by atoms with Crippen LogP contribution in [0.15, 0.2) is 48.5 Å². The fraction of sp³-hybridized carbons (Fsp3) is 0.480. The SMILES string of the molecule is CCOc1ccc(N(CC)S(=O)(=O)N2CCC[C@H](C(=O)NCc3ccccc3OCC)C2)cc1. The van der Waals surface area contributed by atoms with Crippen LogP contribution >= 0.6 is 0 Å². The van der Waals surface area contributed by atoms with Crippen molar-refractivity contribution in [1.29, 1.82) is 0 Å². The highest BCUT2D eigenvalue weighted by Crippen LogP contribution is 2.27. The summed E-state index contributed by atoms with van der Waals surface area (Å²) in [7, 11) is -3.77. The predicted octanol–water partition coefficient (Wildman–Crippen LogP) is 3.58. The Balaban J connectivity index is 1.67. The normalized spacial score (nSPS) is 16.6. The summed E-state index contributed by atoms with van der Waals surface area (Å²) < 4.78 is 40.8. The molecule has 1 N–H and O–H groups in total. The minimum atomic E-state index is -3.77. The van der Waals surface area contributed by atoms with Gasteiger partial charge >= 0.3 is 10.2 Å². The van der Waals surface area contributed by atoms with Gasteiger partial charge in [0.05, 0.1) is 24.8 Å². The van der Waals surface area contributed by atoms with Crippen molar-refractivity contribution in [3.63, 3.8) is 0 Å². The molecule has 0 bridgehead atoms. The lowest BCUT2D eigenvalue weighted by Crippen LogP contribution is -2.50. The van der Waals surface area contributed by atoms with Crippen molar-refractivity contribution in [3.8, 4) is 11.5 Å². The van der Waals surface area contributed by atoms with Gasteiger partial charge in [-0.25, -0.2) is 0 Å². The van der Waals surface area contributed by atoms with Crippen LogP contribution in [0.4, 0.5) is 5.69 Å². The minimum absolute atomic E-state index is 0.143. The Morgan fingerprint density at radius 1 is 1.06 bits per heavy atom. The zero-order valence-corrected chi connectivity index (χ0v) is 21.0. The van der Waals surface area contributed by atoms with Gasteiger partial charge in [-0.05, 0) is 63.9 Å². The summed E-state index contributed by atoms with van der Waals surface area (Å²) in [5.74, 6) is 0.893. The van der Waals surface area contributed by atoms with E-state index in [4.69, 9.17) is 9.47 Å². The van der Waals surface area contributed by atoms with E-state index in [0.717, 1.165) is 11.3 Å². The number of benzene rings is 2. The first-order valence-corrected chi connectivity index (χ1v) is 13.3. The van der Waals surface area contributed by atoms with Crippen molar-refractivity contribution in [2.24, 2.45) is 5.92 Å². The number of piperidine rings is 1. The summed E-state index contributed by atoms with van der Waals surface area (Å²) in [5, 5.41) is 2.96. The van der Waals surface area contributed by atoms with E-state index in [9.17, 15) is 13.2 Å². The molecule has 8 nitrogen and oxygen atoms in total. The fourth-order valence-electron chi connectivity index (χ4n) is 4.13. The number of nitrogens with one attached hydrogen (secondary N) is 1. The van der Waals surface area contributed by atoms with E-state index in [1.807, 2.05) is 38.1 Å². The molecule has 186 valence electrons. The number of nitrogens with zero attached hydrogens (tertiary/aromatic N) is 2. The van der Waals surface area contributed by atoms with Crippen LogP contribution in [-0.2, 0) is 21.5 Å². The maximum atomic E-state index is 13.5. The highest BCUT2D eigenvalue weighted by molar-refractivity contribution is 7.90. The molecular formula is C25H35N3O5S. The number of ether oxygens (including phenoxy) is 2. The molecule has 0 unspecified atom stereocenters. The second-order valence-electron chi connectivity index (χ2n) is 8.06. The number of hydrogen-bond acceptors (Lipinski definition) is 5. The highest BCUT2D eigenvalue weighted by Gasteiger charge is 2.35. The van der Waals surface area contributed by atoms with Crippen molar-refractivity contribution < 1.29 is 22.7 Å². The topological polar surface area (TPSA) is 88.2 Å². The lowest BCUT2D eigenvalue weighted by atomic mass is 9.98. The smallest absolute Gasteiger partial charge is 0.304 e. The molecule has 0 aromatic heterocycles. The van der Waals surface area contributed by atoms with Crippen LogP contribution in [0.2, 0.25) is 0 Å². The Morgan fingerprint density at radius 3 is 2.44 bits per heavy atom. The van der Waals surface area contributed by atoms with Crippen molar-refractivity contribution in [2.45, 2.75) is 40.2 Å². The van der Waals surface area contributed by atoms with Gasteiger partial charge in [0.1, 0.15) is 11.5 Å². The van der Waals surface area contributed by atoms with Crippen LogP contribution in [0.3, 0.4) is 0 Å². The average molecular weight is 490 g/mol. The molecule has 2 aromatic carbocycles. The molecule has 1 aliphatic rings. The van der Waals surface area contributed by atoms with Crippen LogP contribution in [0.5, 0.6) is 11.5 Å². The number of para-hydroxylation sites is 1. The van der Waals surface area contributed by atoms with Gasteiger partial charge in [0, 0.05) is 31.7 Å². The Hall–Kier alpha value is -2.78. The third-order valence-corrected chi connectivity index (χ3v) is 7.82. The summed E-state index contributed by atoms with van der Waals surface area (Å²) in [6, 6.07) is 14.6. The zero-order valence-electron chi connectivity index (χ0n) is 20.2. The molecule has 34 heavy (non-hydrogen) atoms. The molecule has 9 heteroatoms. The van der Waals surface area contributed by atoms with Gasteiger partial charge in [-0.1, -0.05) is 18.2 Å². The molecule has 1 fully saturated rings. The van der Waals surface area contributed by atoms with Gasteiger partial charge in [-0.3, -0.25) is 9.10 Å². The van der Waals surface area contributed by atoms with E-state index in [-0.39, 0.29) is 19.0 Å². The average Bonchev–Trinajstić information content (AvgIpc) is 2.85. The summed E-state index contributed by atoms with van der Waals surface area (Å²) in [5.41, 5.74) is 1.47. The quantitative estimate of drug-likeness (QED) is 0.521. The van der Waals surface area contributed by atoms with Gasteiger partial charge in [-0.15, -0.1) is 0 Å². The van der Waals surface area contributed by atoms with Gasteiger partial charge in [0.15, 0.2) is 0 Å². The largest absolute Gasteiger partial charge is 0.494 e. The number of hydrogen-bond donors (Lipinski definition) is 1. The highest BCUT2D eigenvalue weighted by atomic mass is 32.2. The van der Waals surface area contributed by atoms with Crippen molar-refractivity contribution in [3.05, 3.63) is 54.1 Å². The predicted molar refractivity (Wildman–Crippen MR) is 133 cm³/mol. The van der Waals surface area contributed by atoms with Crippen LogP contribution in [-0.4, -0.2) is 51.5 Å². The lowest BCUT2D eigenvalue weighted by molar-refractivity contribution is -0.126. The van der Waals surface area contributed by atoms with Crippen molar-refractivity contribution >= 4 is 21.8 Å². The van der Waals surface area contributed by atoms with Crippen molar-refractivity contribution in [1.82, 2.24) is 9.62 Å². The molecule has 0 radical (unpaired) electrons. The first-order chi connectivity index (χ1) is 16.4. The standard InChI is InChI=1S/C25H35N3O5S/c1-4-28(22-13-15-23(16-14-22)32-5-2)34(30,31)27-17-9-11-21(19-27)25(29)26-18-20-10-7-8-12-24(20)33-6-3/h7-8,10,12-16,21H,4-6,9,11,17-19H2,1-3H3,(H,26,29)/t21-/m0/s1. The van der Waals surface area contributed by atoms with E-state index in [0.29, 0.717) is 50.6 Å². The number of carbonyl (C=O) groups excluding carboxylic acids is 1. The first kappa shape index (κ1) is 25.8. The van der Waals surface area contributed by atoms with Crippen LogP contribution < -0.4 is 19.1 Å². The van der Waals surface area contributed by atoms with E-state index in [1.165, 1.54) is 8.61 Å². The number of rotatable bonds is 11. The van der Waals surface area contributed by atoms with E-state index in [2.05, 4.69) is 5.32 Å². The zero-order chi connectivity index (χ0) is 24.6. The van der Waals surface area contributed by atoms with Gasteiger partial charge < -0.3 is 14.8 Å². The first-order valence-electron chi connectivity index (χ1n) is 11.9. The van der Waals surface area contributed by atoms with Crippen LogP contribution in [0, 0.1) is 5.92 Å². The monoisotopic (exact) mass is 489 g/mol. The van der Waals surface area contributed by atoms with E-state index >= 15 is 0 Å². The number of anilines is 1. The third-order valence-electron chi connectivity index (χ3n) is 5.81. The molecule has 0 saturated carbocycles. The van der Waals surface area contributed by atoms with Crippen LogP contribution in [0.25, 0.3) is 0 Å². The maximum Gasteiger partial charge on any atom is 0.304 e. The molecule has 1 heterocycles. The molecule has 0 aliphatic carbocycles. The molecule has 1 saturated heterocycles. The lowest BCUT2D eigenvalue weighted by Gasteiger charge is -2.35. The molecule has 0 spiro atoms. The molecule has 3 rings (SSSR count). The molecular weight excluding hydrogens is 454 g/mol. The summed E-state index contributed by atoms with van der Waals surface area (Å²) in [6.07, 6.45) is 1.29. The van der Waals surface area contributed by atoms with E-state index < -0.39 is 16.1 Å². The fourth-order valence-corrected chi connectivity index (χ4v) is 5.85. The summed E-state index contributed by atoms with van der Waals surface area (Å²) in [6.45, 7) is 7.89. The third kappa shape index (κ3) is 6.21. The van der Waals surface area contributed by atoms with Gasteiger partial charge in [0.2, 0.25) is 5.91 Å². The summed E-state index contributed by atoms with van der Waals surface area (Å²) >= 11 is 0. The van der Waals surface area contributed by atoms with Gasteiger partial charge in [-0.2, -0.15) is 12.7 Å². The number of amides is 1. The Morgan fingerprint density at radius 2 is 1.76 bits per heavy atom. The number of carbonyl (C=O) groups is 1. The minimum Gasteiger partial charge on any atom is -0.494 e. The van der Waals surface area contributed by atoms with E-state index in [1.54, 1.807) is 31.2 Å². The van der Waals surface area contributed by atoms with Crippen LogP contribution in [0.1, 0.15) is 39.2 Å². The Labute approximate surface area is 203 Å². The van der Waals surface area contributed by atoms with Gasteiger partial charge in [0.25, 0.3) is 0 Å². The second-order valence-corrected chi connectivity index (χ2v) is 9.91.